The molecule has 0 saturated carbocycles. The number of quaternary nitrogens is 1. The highest BCUT2D eigenvalue weighted by Gasteiger charge is 2.36. The van der Waals surface area contributed by atoms with E-state index < -0.39 is 0 Å². The first-order chi connectivity index (χ1) is 10.2. The van der Waals surface area contributed by atoms with Crippen LogP contribution in [-0.2, 0) is 22.5 Å². The van der Waals surface area contributed by atoms with Gasteiger partial charge in [0.2, 0.25) is 6.04 Å². The number of esters is 1. The molecule has 3 nitrogen and oxygen atoms in total. The fraction of sp³-hybridized carbons (Fsp3) is 0.312. The summed E-state index contributed by atoms with van der Waals surface area (Å²) in [6.07, 6.45) is 1.00. The van der Waals surface area contributed by atoms with Gasteiger partial charge in [0, 0.05) is 22.4 Å². The van der Waals surface area contributed by atoms with Crippen LogP contribution in [0.4, 0.5) is 0 Å². The predicted molar refractivity (Wildman–Crippen MR) is 83.8 cm³/mol. The van der Waals surface area contributed by atoms with Gasteiger partial charge in [0.15, 0.2) is 0 Å². The van der Waals surface area contributed by atoms with Crippen molar-refractivity contribution < 1.29 is 14.4 Å². The Morgan fingerprint density at radius 2 is 2.19 bits per heavy atom. The molecule has 2 unspecified atom stereocenters. The van der Waals surface area contributed by atoms with Crippen LogP contribution in [0.5, 0.6) is 0 Å². The van der Waals surface area contributed by atoms with Gasteiger partial charge in [0.25, 0.3) is 0 Å². The first-order valence-corrected chi connectivity index (χ1v) is 8.18. The minimum atomic E-state index is -0.364. The summed E-state index contributed by atoms with van der Waals surface area (Å²) in [5.74, 6) is -0.225. The van der Waals surface area contributed by atoms with E-state index in [0.717, 1.165) is 25.1 Å². The van der Waals surface area contributed by atoms with E-state index >= 15 is 0 Å². The molecule has 1 aromatic heterocycles. The van der Waals surface area contributed by atoms with Crippen molar-refractivity contribution in [2.75, 3.05) is 13.7 Å². The van der Waals surface area contributed by atoms with E-state index in [2.05, 4.69) is 11.4 Å². The van der Waals surface area contributed by atoms with E-state index in [0.29, 0.717) is 5.02 Å². The maximum atomic E-state index is 12.3. The van der Waals surface area contributed by atoms with Gasteiger partial charge in [0.1, 0.15) is 6.54 Å². The number of hydrogen-bond donors (Lipinski definition) is 1. The zero-order valence-electron chi connectivity index (χ0n) is 11.8. The monoisotopic (exact) mass is 322 g/mol. The highest BCUT2D eigenvalue weighted by Crippen LogP contribution is 2.24. The summed E-state index contributed by atoms with van der Waals surface area (Å²) in [4.78, 5) is 14.9. The third-order valence-electron chi connectivity index (χ3n) is 3.99. The van der Waals surface area contributed by atoms with Crippen LogP contribution in [0.3, 0.4) is 0 Å². The van der Waals surface area contributed by atoms with Crippen molar-refractivity contribution >= 4 is 28.9 Å². The summed E-state index contributed by atoms with van der Waals surface area (Å²) in [6.45, 7) is 1.75. The summed E-state index contributed by atoms with van der Waals surface area (Å²) in [6, 6.07) is 9.32. The Kier molecular flexibility index (Phi) is 4.29. The van der Waals surface area contributed by atoms with Crippen molar-refractivity contribution in [1.29, 1.82) is 0 Å². The second kappa shape index (κ2) is 6.18. The number of halogens is 1. The standard InChI is InChI=1S/C16H16ClNO2S/c1-20-16(19)15(12-4-2-3-5-13(12)17)18-8-6-14-11(10-18)7-9-21-14/h2-5,7,9,15H,6,8,10H2,1H3/p+1. The molecular formula is C16H17ClNO2S+. The second-order valence-corrected chi connectivity index (χ2v) is 6.59. The van der Waals surface area contributed by atoms with Crippen LogP contribution < -0.4 is 4.90 Å². The van der Waals surface area contributed by atoms with Gasteiger partial charge in [0.05, 0.1) is 18.7 Å². The zero-order valence-corrected chi connectivity index (χ0v) is 13.3. The topological polar surface area (TPSA) is 30.7 Å². The lowest BCUT2D eigenvalue weighted by Gasteiger charge is -2.30. The summed E-state index contributed by atoms with van der Waals surface area (Å²) in [5, 5.41) is 2.74. The van der Waals surface area contributed by atoms with E-state index in [1.54, 1.807) is 11.3 Å². The van der Waals surface area contributed by atoms with Crippen LogP contribution in [0.25, 0.3) is 0 Å². The van der Waals surface area contributed by atoms with Gasteiger partial charge in [-0.3, -0.25) is 0 Å². The second-order valence-electron chi connectivity index (χ2n) is 5.18. The Morgan fingerprint density at radius 1 is 1.38 bits per heavy atom. The molecule has 1 aromatic carbocycles. The molecule has 0 aliphatic carbocycles. The van der Waals surface area contributed by atoms with E-state index in [4.69, 9.17) is 16.3 Å². The normalized spacial score (nSPS) is 18.9. The molecule has 0 fully saturated rings. The average Bonchev–Trinajstić information content (AvgIpc) is 2.97. The lowest BCUT2D eigenvalue weighted by atomic mass is 10.0. The lowest BCUT2D eigenvalue weighted by Crippen LogP contribution is -3.13. The molecule has 21 heavy (non-hydrogen) atoms. The number of nitrogens with one attached hydrogen (secondary N) is 1. The smallest absolute Gasteiger partial charge is 0.369 e. The number of carbonyl (C=O) groups is 1. The molecule has 110 valence electrons. The molecule has 1 aliphatic heterocycles. The number of fused-ring (bicyclic) bond motifs is 1. The first kappa shape index (κ1) is 14.6. The quantitative estimate of drug-likeness (QED) is 0.879. The van der Waals surface area contributed by atoms with E-state index in [9.17, 15) is 4.79 Å². The molecule has 2 aromatic rings. The van der Waals surface area contributed by atoms with Gasteiger partial charge in [-0.15, -0.1) is 11.3 Å². The SMILES string of the molecule is COC(=O)C(c1ccccc1Cl)[NH+]1CCc2sccc2C1. The third-order valence-corrected chi connectivity index (χ3v) is 5.36. The summed E-state index contributed by atoms with van der Waals surface area (Å²) < 4.78 is 5.03. The number of hydrogen-bond acceptors (Lipinski definition) is 3. The van der Waals surface area contributed by atoms with Crippen molar-refractivity contribution in [1.82, 2.24) is 0 Å². The first-order valence-electron chi connectivity index (χ1n) is 6.92. The minimum absolute atomic E-state index is 0.225. The molecule has 0 bridgehead atoms. The van der Waals surface area contributed by atoms with E-state index in [1.807, 2.05) is 24.3 Å². The summed E-state index contributed by atoms with van der Waals surface area (Å²) in [7, 11) is 1.44. The van der Waals surface area contributed by atoms with Gasteiger partial charge in [-0.2, -0.15) is 0 Å². The molecular weight excluding hydrogens is 306 g/mol. The average molecular weight is 323 g/mol. The Bertz CT molecular complexity index is 655. The van der Waals surface area contributed by atoms with Crippen molar-refractivity contribution in [3.8, 4) is 0 Å². The maximum absolute atomic E-state index is 12.3. The predicted octanol–water partition coefficient (Wildman–Crippen LogP) is 2.26. The molecule has 1 N–H and O–H groups in total. The van der Waals surface area contributed by atoms with Crippen molar-refractivity contribution in [3.63, 3.8) is 0 Å². The zero-order chi connectivity index (χ0) is 14.8. The Balaban J connectivity index is 1.94. The number of rotatable bonds is 3. The van der Waals surface area contributed by atoms with Crippen molar-refractivity contribution in [2.45, 2.75) is 19.0 Å². The highest BCUT2D eigenvalue weighted by atomic mass is 35.5. The third kappa shape index (κ3) is 2.84. The molecule has 2 atom stereocenters. The summed E-state index contributed by atoms with van der Waals surface area (Å²) >= 11 is 8.10. The number of ether oxygens (including phenoxy) is 1. The number of carbonyl (C=O) groups excluding carboxylic acids is 1. The van der Waals surface area contributed by atoms with Crippen LogP contribution >= 0.6 is 22.9 Å². The minimum Gasteiger partial charge on any atom is -0.464 e. The number of methoxy groups -OCH3 is 1. The molecule has 3 rings (SSSR count). The van der Waals surface area contributed by atoms with Crippen LogP contribution in [0.2, 0.25) is 5.02 Å². The number of thiophene rings is 1. The van der Waals surface area contributed by atoms with Crippen LogP contribution in [0.15, 0.2) is 35.7 Å². The fourth-order valence-electron chi connectivity index (χ4n) is 2.94. The Morgan fingerprint density at radius 3 is 2.95 bits per heavy atom. The van der Waals surface area contributed by atoms with Crippen molar-refractivity contribution in [3.05, 3.63) is 56.7 Å². The Labute approximate surface area is 133 Å². The molecule has 0 radical (unpaired) electrons. The van der Waals surface area contributed by atoms with E-state index in [1.165, 1.54) is 22.5 Å². The molecule has 2 heterocycles. The van der Waals surface area contributed by atoms with Gasteiger partial charge in [-0.05, 0) is 17.5 Å². The molecule has 5 heteroatoms. The van der Waals surface area contributed by atoms with Crippen LogP contribution in [0.1, 0.15) is 22.0 Å². The maximum Gasteiger partial charge on any atom is 0.369 e. The Hall–Kier alpha value is -1.36. The molecule has 0 saturated heterocycles. The molecule has 0 spiro atoms. The van der Waals surface area contributed by atoms with Crippen molar-refractivity contribution in [2.24, 2.45) is 0 Å². The van der Waals surface area contributed by atoms with Gasteiger partial charge in [-0.25, -0.2) is 4.79 Å². The van der Waals surface area contributed by atoms with E-state index in [-0.39, 0.29) is 12.0 Å². The number of benzene rings is 1. The van der Waals surface area contributed by atoms with Crippen LogP contribution in [0, 0.1) is 0 Å². The summed E-state index contributed by atoms with van der Waals surface area (Å²) in [5.41, 5.74) is 2.18. The van der Waals surface area contributed by atoms with Gasteiger partial charge >= 0.3 is 5.97 Å². The molecule has 0 amide bonds. The largest absolute Gasteiger partial charge is 0.464 e. The van der Waals surface area contributed by atoms with Crippen LogP contribution in [-0.4, -0.2) is 19.6 Å². The fourth-order valence-corrected chi connectivity index (χ4v) is 4.09. The highest BCUT2D eigenvalue weighted by molar-refractivity contribution is 7.10. The molecule has 1 aliphatic rings. The van der Waals surface area contributed by atoms with Gasteiger partial charge in [-0.1, -0.05) is 29.8 Å². The van der Waals surface area contributed by atoms with Gasteiger partial charge < -0.3 is 9.64 Å². The lowest BCUT2D eigenvalue weighted by molar-refractivity contribution is -0.938.